The Balaban J connectivity index is 4.13. The molecule has 0 aliphatic rings. The maximum atomic E-state index is 5.20. The summed E-state index contributed by atoms with van der Waals surface area (Å²) in [7, 11) is 1.74. The van der Waals surface area contributed by atoms with E-state index in [2.05, 4.69) is 19.9 Å². The SMILES string of the molecule is C/C=C\C=C(/CC)C(C)OC. The molecule has 0 aliphatic carbocycles. The molecule has 1 atom stereocenters. The van der Waals surface area contributed by atoms with Gasteiger partial charge in [0, 0.05) is 7.11 Å². The van der Waals surface area contributed by atoms with Crippen molar-refractivity contribution in [1.29, 1.82) is 0 Å². The molecule has 64 valence electrons. The third-order valence-electron chi connectivity index (χ3n) is 1.79. The van der Waals surface area contributed by atoms with Crippen LogP contribution in [-0.4, -0.2) is 13.2 Å². The van der Waals surface area contributed by atoms with Gasteiger partial charge in [0.25, 0.3) is 0 Å². The molecular formula is C10H18O. The molecule has 0 aromatic rings. The average Bonchev–Trinajstić information content (AvgIpc) is 2.05. The smallest absolute Gasteiger partial charge is 0.0756 e. The van der Waals surface area contributed by atoms with E-state index < -0.39 is 0 Å². The first-order valence-corrected chi connectivity index (χ1v) is 4.10. The molecule has 0 N–H and O–H groups in total. The van der Waals surface area contributed by atoms with Crippen LogP contribution in [0.3, 0.4) is 0 Å². The molecule has 0 aromatic heterocycles. The van der Waals surface area contributed by atoms with Gasteiger partial charge in [0.2, 0.25) is 0 Å². The van der Waals surface area contributed by atoms with Crippen molar-refractivity contribution in [3.63, 3.8) is 0 Å². The monoisotopic (exact) mass is 154 g/mol. The van der Waals surface area contributed by atoms with Crippen molar-refractivity contribution >= 4 is 0 Å². The van der Waals surface area contributed by atoms with Crippen LogP contribution < -0.4 is 0 Å². The molecule has 11 heavy (non-hydrogen) atoms. The van der Waals surface area contributed by atoms with Gasteiger partial charge in [-0.3, -0.25) is 0 Å². The fourth-order valence-corrected chi connectivity index (χ4v) is 0.912. The summed E-state index contributed by atoms with van der Waals surface area (Å²) < 4.78 is 5.20. The van der Waals surface area contributed by atoms with Gasteiger partial charge >= 0.3 is 0 Å². The highest BCUT2D eigenvalue weighted by Gasteiger charge is 2.02. The zero-order chi connectivity index (χ0) is 8.69. The van der Waals surface area contributed by atoms with E-state index in [1.807, 2.05) is 19.1 Å². The zero-order valence-electron chi connectivity index (χ0n) is 7.92. The molecular weight excluding hydrogens is 136 g/mol. The van der Waals surface area contributed by atoms with Crippen molar-refractivity contribution < 1.29 is 4.74 Å². The molecule has 0 amide bonds. The second-order valence-electron chi connectivity index (χ2n) is 2.50. The topological polar surface area (TPSA) is 9.23 Å². The Hall–Kier alpha value is -0.560. The van der Waals surface area contributed by atoms with Gasteiger partial charge in [0.1, 0.15) is 0 Å². The van der Waals surface area contributed by atoms with Crippen molar-refractivity contribution in [2.24, 2.45) is 0 Å². The first kappa shape index (κ1) is 10.4. The number of rotatable bonds is 4. The van der Waals surface area contributed by atoms with Crippen molar-refractivity contribution in [2.75, 3.05) is 7.11 Å². The first-order valence-electron chi connectivity index (χ1n) is 4.10. The van der Waals surface area contributed by atoms with Crippen molar-refractivity contribution in [3.8, 4) is 0 Å². The van der Waals surface area contributed by atoms with Crippen LogP contribution in [0.5, 0.6) is 0 Å². The fraction of sp³-hybridized carbons (Fsp3) is 0.600. The van der Waals surface area contributed by atoms with E-state index in [0.717, 1.165) is 6.42 Å². The zero-order valence-corrected chi connectivity index (χ0v) is 7.92. The summed E-state index contributed by atoms with van der Waals surface area (Å²) in [5.74, 6) is 0. The third kappa shape index (κ3) is 3.99. The molecule has 0 bridgehead atoms. The number of hydrogen-bond acceptors (Lipinski definition) is 1. The number of ether oxygens (including phenoxy) is 1. The number of allylic oxidation sites excluding steroid dienone is 3. The molecule has 1 nitrogen and oxygen atoms in total. The Labute approximate surface area is 69.8 Å². The molecule has 0 saturated heterocycles. The molecule has 0 rings (SSSR count). The van der Waals surface area contributed by atoms with Gasteiger partial charge in [-0.15, -0.1) is 0 Å². The molecule has 0 heterocycles. The van der Waals surface area contributed by atoms with Gasteiger partial charge in [-0.05, 0) is 25.8 Å². The highest BCUT2D eigenvalue weighted by molar-refractivity contribution is 5.14. The van der Waals surface area contributed by atoms with Gasteiger partial charge in [-0.25, -0.2) is 0 Å². The summed E-state index contributed by atoms with van der Waals surface area (Å²) in [5.41, 5.74) is 1.34. The molecule has 0 fully saturated rings. The number of hydrogen-bond donors (Lipinski definition) is 0. The predicted octanol–water partition coefficient (Wildman–Crippen LogP) is 2.93. The van der Waals surface area contributed by atoms with E-state index >= 15 is 0 Å². The fourth-order valence-electron chi connectivity index (χ4n) is 0.912. The lowest BCUT2D eigenvalue weighted by molar-refractivity contribution is 0.144. The highest BCUT2D eigenvalue weighted by Crippen LogP contribution is 2.09. The van der Waals surface area contributed by atoms with E-state index in [9.17, 15) is 0 Å². The Morgan fingerprint density at radius 2 is 2.18 bits per heavy atom. The maximum absolute atomic E-state index is 5.20. The minimum atomic E-state index is 0.246. The van der Waals surface area contributed by atoms with Crippen LogP contribution in [0, 0.1) is 0 Å². The first-order chi connectivity index (χ1) is 5.26. The van der Waals surface area contributed by atoms with Gasteiger partial charge in [-0.2, -0.15) is 0 Å². The summed E-state index contributed by atoms with van der Waals surface area (Å²) in [6, 6.07) is 0. The Bertz CT molecular complexity index is 145. The Kier molecular flexibility index (Phi) is 5.86. The van der Waals surface area contributed by atoms with Gasteiger partial charge in [0.15, 0.2) is 0 Å². The molecule has 1 heteroatoms. The molecule has 1 unspecified atom stereocenters. The molecule has 0 aromatic carbocycles. The summed E-state index contributed by atoms with van der Waals surface area (Å²) in [6.07, 6.45) is 7.50. The summed E-state index contributed by atoms with van der Waals surface area (Å²) >= 11 is 0. The second kappa shape index (κ2) is 6.17. The minimum absolute atomic E-state index is 0.246. The Morgan fingerprint density at radius 3 is 2.55 bits per heavy atom. The van der Waals surface area contributed by atoms with Gasteiger partial charge in [-0.1, -0.05) is 25.2 Å². The van der Waals surface area contributed by atoms with Gasteiger partial charge in [0.05, 0.1) is 6.10 Å². The quantitative estimate of drug-likeness (QED) is 0.566. The predicted molar refractivity (Wildman–Crippen MR) is 49.7 cm³/mol. The van der Waals surface area contributed by atoms with Crippen molar-refractivity contribution in [2.45, 2.75) is 33.3 Å². The lowest BCUT2D eigenvalue weighted by Crippen LogP contribution is -2.07. The number of methoxy groups -OCH3 is 1. The minimum Gasteiger partial charge on any atom is -0.377 e. The summed E-state index contributed by atoms with van der Waals surface area (Å²) in [5, 5.41) is 0. The molecule has 0 saturated carbocycles. The van der Waals surface area contributed by atoms with Crippen LogP contribution in [0.15, 0.2) is 23.8 Å². The van der Waals surface area contributed by atoms with Crippen molar-refractivity contribution in [3.05, 3.63) is 23.8 Å². The third-order valence-corrected chi connectivity index (χ3v) is 1.79. The molecule has 0 radical (unpaired) electrons. The summed E-state index contributed by atoms with van der Waals surface area (Å²) in [6.45, 7) is 6.23. The standard InChI is InChI=1S/C10H18O/c1-5-7-8-10(6-2)9(3)11-4/h5,7-9H,6H2,1-4H3/b7-5-,10-8+. The van der Waals surface area contributed by atoms with Crippen LogP contribution >= 0.6 is 0 Å². The van der Waals surface area contributed by atoms with Crippen LogP contribution in [-0.2, 0) is 4.74 Å². The summed E-state index contributed by atoms with van der Waals surface area (Å²) in [4.78, 5) is 0. The van der Waals surface area contributed by atoms with Crippen LogP contribution in [0.4, 0.5) is 0 Å². The lowest BCUT2D eigenvalue weighted by Gasteiger charge is -2.11. The average molecular weight is 154 g/mol. The van der Waals surface area contributed by atoms with Crippen LogP contribution in [0.2, 0.25) is 0 Å². The maximum Gasteiger partial charge on any atom is 0.0756 e. The van der Waals surface area contributed by atoms with Crippen LogP contribution in [0.1, 0.15) is 27.2 Å². The van der Waals surface area contributed by atoms with Gasteiger partial charge < -0.3 is 4.74 Å². The second-order valence-corrected chi connectivity index (χ2v) is 2.50. The molecule has 0 aliphatic heterocycles. The van der Waals surface area contributed by atoms with E-state index in [1.165, 1.54) is 5.57 Å². The van der Waals surface area contributed by atoms with E-state index in [0.29, 0.717) is 0 Å². The van der Waals surface area contributed by atoms with E-state index in [-0.39, 0.29) is 6.10 Å². The molecule has 0 spiro atoms. The van der Waals surface area contributed by atoms with E-state index in [1.54, 1.807) is 7.11 Å². The van der Waals surface area contributed by atoms with Crippen molar-refractivity contribution in [1.82, 2.24) is 0 Å². The largest absolute Gasteiger partial charge is 0.377 e. The van der Waals surface area contributed by atoms with Crippen LogP contribution in [0.25, 0.3) is 0 Å². The normalized spacial score (nSPS) is 15.8. The van der Waals surface area contributed by atoms with E-state index in [4.69, 9.17) is 4.74 Å². The Morgan fingerprint density at radius 1 is 1.55 bits per heavy atom. The lowest BCUT2D eigenvalue weighted by atomic mass is 10.1. The highest BCUT2D eigenvalue weighted by atomic mass is 16.5.